The van der Waals surface area contributed by atoms with Crippen molar-refractivity contribution in [2.75, 3.05) is 5.32 Å². The number of anilines is 1. The first-order valence-electron chi connectivity index (χ1n) is 9.25. The van der Waals surface area contributed by atoms with Crippen molar-refractivity contribution in [2.24, 2.45) is 7.05 Å². The van der Waals surface area contributed by atoms with Gasteiger partial charge < -0.3 is 10.1 Å². The number of benzene rings is 1. The van der Waals surface area contributed by atoms with E-state index in [4.69, 9.17) is 4.74 Å². The second kappa shape index (κ2) is 8.39. The van der Waals surface area contributed by atoms with Gasteiger partial charge in [-0.2, -0.15) is 5.10 Å². The lowest BCUT2D eigenvalue weighted by atomic mass is 9.92. The molecule has 0 aliphatic rings. The van der Waals surface area contributed by atoms with E-state index in [0.29, 0.717) is 17.5 Å². The number of hydrogen-bond acceptors (Lipinski definition) is 4. The smallest absolute Gasteiger partial charge is 0.338 e. The number of nitrogens with one attached hydrogen (secondary N) is 1. The summed E-state index contributed by atoms with van der Waals surface area (Å²) in [4.78, 5) is 12.5. The summed E-state index contributed by atoms with van der Waals surface area (Å²) in [5, 5.41) is 7.53. The molecule has 0 aliphatic carbocycles. The van der Waals surface area contributed by atoms with Crippen LogP contribution in [0.4, 0.5) is 5.69 Å². The van der Waals surface area contributed by atoms with Gasteiger partial charge in [-0.15, -0.1) is 0 Å². The van der Waals surface area contributed by atoms with Crippen molar-refractivity contribution in [3.05, 3.63) is 47.8 Å². The summed E-state index contributed by atoms with van der Waals surface area (Å²) in [6, 6.07) is 7.79. The van der Waals surface area contributed by atoms with E-state index in [1.54, 1.807) is 12.1 Å². The number of nitrogens with zero attached hydrogens (tertiary/aromatic N) is 2. The number of hydrogen-bond donors (Lipinski definition) is 1. The van der Waals surface area contributed by atoms with Gasteiger partial charge in [0.15, 0.2) is 0 Å². The van der Waals surface area contributed by atoms with Crippen molar-refractivity contribution in [1.82, 2.24) is 9.78 Å². The third-order valence-corrected chi connectivity index (χ3v) is 4.42. The molecule has 0 fully saturated rings. The largest absolute Gasteiger partial charge is 0.456 e. The van der Waals surface area contributed by atoms with Crippen LogP contribution in [0.1, 0.15) is 69.3 Å². The molecular weight excluding hydrogens is 326 g/mol. The summed E-state index contributed by atoms with van der Waals surface area (Å²) in [6.45, 7) is 10.3. The van der Waals surface area contributed by atoms with Gasteiger partial charge in [0.1, 0.15) is 5.60 Å². The molecule has 0 aliphatic heterocycles. The number of aromatic nitrogens is 2. The van der Waals surface area contributed by atoms with Gasteiger partial charge in [0, 0.05) is 25.0 Å². The molecule has 1 N–H and O–H groups in total. The molecule has 0 unspecified atom stereocenters. The topological polar surface area (TPSA) is 56.1 Å². The molecule has 2 aromatic rings. The van der Waals surface area contributed by atoms with Crippen molar-refractivity contribution >= 4 is 11.7 Å². The normalized spacial score (nSPS) is 12.9. The molecule has 1 atom stereocenters. The van der Waals surface area contributed by atoms with E-state index in [0.717, 1.165) is 18.5 Å². The molecule has 0 amide bonds. The Bertz CT molecular complexity index is 717. The molecule has 0 saturated carbocycles. The number of rotatable bonds is 8. The number of aryl methyl sites for hydroxylation is 1. The first-order valence-corrected chi connectivity index (χ1v) is 9.25. The lowest BCUT2D eigenvalue weighted by Crippen LogP contribution is -2.28. The number of ether oxygens (including phenoxy) is 1. The van der Waals surface area contributed by atoms with Crippen LogP contribution >= 0.6 is 0 Å². The van der Waals surface area contributed by atoms with Crippen LogP contribution in [0.2, 0.25) is 0 Å². The Labute approximate surface area is 156 Å². The second-order valence-electron chi connectivity index (χ2n) is 7.91. The molecule has 1 aromatic heterocycles. The van der Waals surface area contributed by atoms with Gasteiger partial charge in [-0.1, -0.05) is 6.92 Å². The van der Waals surface area contributed by atoms with Crippen molar-refractivity contribution in [3.63, 3.8) is 0 Å². The second-order valence-corrected chi connectivity index (χ2v) is 7.91. The summed E-state index contributed by atoms with van der Waals surface area (Å²) in [7, 11) is 1.92. The number of carbonyl (C=O) groups excluding carboxylic acids is 1. The average molecular weight is 357 g/mol. The predicted molar refractivity (Wildman–Crippen MR) is 106 cm³/mol. The molecule has 0 spiro atoms. The third kappa shape index (κ3) is 5.90. The molecule has 0 bridgehead atoms. The standard InChI is InChI=1S/C21H31N3O2/c1-15(2)23-19-9-7-17(8-10-19)20(25)26-21(4,5)12-11-16(3)18-13-22-24(6)14-18/h7-10,13-16,23H,11-12H2,1-6H3/t16-/m1/s1. The van der Waals surface area contributed by atoms with Crippen LogP contribution < -0.4 is 5.32 Å². The highest BCUT2D eigenvalue weighted by atomic mass is 16.6. The van der Waals surface area contributed by atoms with E-state index in [1.807, 2.05) is 50.1 Å². The predicted octanol–water partition coefficient (Wildman–Crippen LogP) is 4.76. The van der Waals surface area contributed by atoms with Gasteiger partial charge in [-0.25, -0.2) is 4.79 Å². The minimum Gasteiger partial charge on any atom is -0.456 e. The van der Waals surface area contributed by atoms with E-state index in [-0.39, 0.29) is 5.97 Å². The molecule has 5 heteroatoms. The number of carbonyl (C=O) groups is 1. The van der Waals surface area contributed by atoms with Gasteiger partial charge >= 0.3 is 5.97 Å². The summed E-state index contributed by atoms with van der Waals surface area (Å²) in [5.41, 5.74) is 2.28. The Hall–Kier alpha value is -2.30. The van der Waals surface area contributed by atoms with Crippen molar-refractivity contribution in [1.29, 1.82) is 0 Å². The van der Waals surface area contributed by atoms with Crippen LogP contribution in [0.15, 0.2) is 36.7 Å². The van der Waals surface area contributed by atoms with Crippen LogP contribution in [0.3, 0.4) is 0 Å². The molecule has 142 valence electrons. The molecule has 1 heterocycles. The summed E-state index contributed by atoms with van der Waals surface area (Å²) < 4.78 is 7.57. The van der Waals surface area contributed by atoms with Crippen LogP contribution in [0, 0.1) is 0 Å². The molecule has 2 rings (SSSR count). The minimum atomic E-state index is -0.512. The summed E-state index contributed by atoms with van der Waals surface area (Å²) in [5.74, 6) is 0.100. The van der Waals surface area contributed by atoms with E-state index in [2.05, 4.69) is 31.2 Å². The van der Waals surface area contributed by atoms with Crippen molar-refractivity contribution < 1.29 is 9.53 Å². The highest BCUT2D eigenvalue weighted by molar-refractivity contribution is 5.90. The Morgan fingerprint density at radius 2 is 1.88 bits per heavy atom. The fourth-order valence-electron chi connectivity index (χ4n) is 2.82. The molecule has 0 saturated heterocycles. The first-order chi connectivity index (χ1) is 12.2. The van der Waals surface area contributed by atoms with Crippen LogP contribution in [0.25, 0.3) is 0 Å². The maximum absolute atomic E-state index is 12.5. The zero-order chi connectivity index (χ0) is 19.3. The molecule has 1 aromatic carbocycles. The van der Waals surface area contributed by atoms with E-state index >= 15 is 0 Å². The zero-order valence-corrected chi connectivity index (χ0v) is 16.7. The van der Waals surface area contributed by atoms with E-state index in [1.165, 1.54) is 5.56 Å². The van der Waals surface area contributed by atoms with Crippen LogP contribution in [0.5, 0.6) is 0 Å². The number of esters is 1. The van der Waals surface area contributed by atoms with Gasteiger partial charge in [-0.05, 0) is 76.3 Å². The lowest BCUT2D eigenvalue weighted by molar-refractivity contribution is -0.00585. The Balaban J connectivity index is 1.89. The molecule has 0 radical (unpaired) electrons. The Morgan fingerprint density at radius 3 is 2.42 bits per heavy atom. The molecule has 26 heavy (non-hydrogen) atoms. The lowest BCUT2D eigenvalue weighted by Gasteiger charge is -2.26. The summed E-state index contributed by atoms with van der Waals surface area (Å²) >= 11 is 0. The van der Waals surface area contributed by atoms with Crippen molar-refractivity contribution in [3.8, 4) is 0 Å². The Morgan fingerprint density at radius 1 is 1.23 bits per heavy atom. The zero-order valence-electron chi connectivity index (χ0n) is 16.7. The highest BCUT2D eigenvalue weighted by Gasteiger charge is 2.25. The minimum absolute atomic E-state index is 0.278. The van der Waals surface area contributed by atoms with Gasteiger partial charge in [0.05, 0.1) is 11.8 Å². The van der Waals surface area contributed by atoms with Crippen LogP contribution in [-0.4, -0.2) is 27.4 Å². The maximum atomic E-state index is 12.5. The Kier molecular flexibility index (Phi) is 6.46. The quantitative estimate of drug-likeness (QED) is 0.692. The van der Waals surface area contributed by atoms with Gasteiger partial charge in [-0.3, -0.25) is 4.68 Å². The van der Waals surface area contributed by atoms with Crippen molar-refractivity contribution in [2.45, 2.75) is 65.0 Å². The first kappa shape index (κ1) is 20.0. The monoisotopic (exact) mass is 357 g/mol. The summed E-state index contributed by atoms with van der Waals surface area (Å²) in [6.07, 6.45) is 5.66. The fraction of sp³-hybridized carbons (Fsp3) is 0.524. The maximum Gasteiger partial charge on any atom is 0.338 e. The molecule has 5 nitrogen and oxygen atoms in total. The van der Waals surface area contributed by atoms with Crippen LogP contribution in [-0.2, 0) is 11.8 Å². The van der Waals surface area contributed by atoms with Gasteiger partial charge in [0.25, 0.3) is 0 Å². The highest BCUT2D eigenvalue weighted by Crippen LogP contribution is 2.27. The third-order valence-electron chi connectivity index (χ3n) is 4.42. The van der Waals surface area contributed by atoms with E-state index in [9.17, 15) is 4.79 Å². The molecular formula is C21H31N3O2. The fourth-order valence-corrected chi connectivity index (χ4v) is 2.82. The van der Waals surface area contributed by atoms with Gasteiger partial charge in [0.2, 0.25) is 0 Å². The SMILES string of the molecule is CC(C)Nc1ccc(C(=O)OC(C)(C)CC[C@@H](C)c2cnn(C)c2)cc1. The average Bonchev–Trinajstić information content (AvgIpc) is 2.99. The van der Waals surface area contributed by atoms with E-state index < -0.39 is 5.60 Å².